The van der Waals surface area contributed by atoms with Crippen molar-refractivity contribution in [1.82, 2.24) is 98.6 Å². The van der Waals surface area contributed by atoms with Gasteiger partial charge >= 0.3 is 11.9 Å². The maximum Gasteiger partial charge on any atom is 0.304 e. The summed E-state index contributed by atoms with van der Waals surface area (Å²) in [5, 5.41) is 52.1. The quantitative estimate of drug-likeness (QED) is 0.0354. The lowest BCUT2D eigenvalue weighted by atomic mass is 9.80. The number of carboxylic acids is 2. The Hall–Kier alpha value is -8.80. The molecule has 44 heteroatoms. The largest absolute Gasteiger partial charge is 0.481 e. The summed E-state index contributed by atoms with van der Waals surface area (Å²) in [4.78, 5) is 78.7. The SMILES string of the molecule is Cc1nn([C@H](C)c2ccc(Cl)cc2Cl)c2nc(N3CC([C@@H]4CCCN(CCC(=O)O)C4)C3)cnc12.Cc1nn([C@H](C)c2ccc(Cl)cc2Cl)c2nc(N3CC([C@@H]4CCCN(CCS(N)(=O)=O)C4)C3)cnc12.Cc1nn([C@H](C)c2ccc(Cl)cc2Cl)c2nc(N3CC([C@H]4CCCN(CCC(=O)O)C4)C3)cnc12.Cc1nn([C@H](C)c2ccc(Cl)cc2Cl)c2nc(N3CC([C@H]4CCCN(CCS(N)(=O)=O)C4)C3)cnc12. The second-order valence-corrected chi connectivity index (χ2v) is 46.4. The van der Waals surface area contributed by atoms with E-state index in [0.29, 0.717) is 114 Å². The number of carboxylic acid groups (broad SMARTS) is 2. The Morgan fingerprint density at radius 3 is 0.768 bits per heavy atom. The molecule has 8 atom stereocenters. The molecule has 142 heavy (non-hydrogen) atoms. The highest BCUT2D eigenvalue weighted by atomic mass is 35.5. The number of carbonyl (C=O) groups is 2. The molecule has 16 heterocycles. The van der Waals surface area contributed by atoms with Gasteiger partial charge in [-0.1, -0.05) is 117 Å². The maximum atomic E-state index is 11.3. The van der Waals surface area contributed by atoms with Crippen molar-refractivity contribution in [3.63, 3.8) is 0 Å². The molecule has 0 saturated carbocycles. The van der Waals surface area contributed by atoms with Crippen LogP contribution in [0, 0.1) is 75.0 Å². The van der Waals surface area contributed by atoms with Gasteiger partial charge < -0.3 is 49.4 Å². The van der Waals surface area contributed by atoms with Crippen LogP contribution in [-0.2, 0) is 29.6 Å². The van der Waals surface area contributed by atoms with Crippen LogP contribution in [0.2, 0.25) is 40.2 Å². The van der Waals surface area contributed by atoms with E-state index in [1.54, 1.807) is 24.3 Å². The van der Waals surface area contributed by atoms with Crippen LogP contribution in [0.5, 0.6) is 0 Å². The third-order valence-electron chi connectivity index (χ3n) is 29.8. The summed E-state index contributed by atoms with van der Waals surface area (Å²) in [5.74, 6) is 6.59. The fourth-order valence-corrected chi connectivity index (χ4v) is 24.8. The molecule has 8 aromatic heterocycles. The molecule has 0 aliphatic carbocycles. The highest BCUT2D eigenvalue weighted by Crippen LogP contribution is 2.43. The van der Waals surface area contributed by atoms with Crippen LogP contribution >= 0.6 is 92.8 Å². The van der Waals surface area contributed by atoms with Crippen LogP contribution in [0.15, 0.2) is 97.6 Å². The lowest BCUT2D eigenvalue weighted by Gasteiger charge is -2.47. The number of piperidine rings is 4. The monoisotopic (exact) mass is 2130 g/mol. The first-order chi connectivity index (χ1) is 67.8. The number of nitrogens with two attached hydrogens (primary N) is 2. The zero-order valence-electron chi connectivity index (χ0n) is 80.9. The summed E-state index contributed by atoms with van der Waals surface area (Å²) in [6, 6.07) is 21.5. The van der Waals surface area contributed by atoms with Gasteiger partial charge in [0.15, 0.2) is 22.6 Å². The normalized spacial score (nSPS) is 20.4. The number of anilines is 4. The Kier molecular flexibility index (Phi) is 33.0. The molecular formula is C98H122Cl8N26O8S2. The Labute approximate surface area is 867 Å². The standard InChI is InChI=1S/2C25H30Cl2N6O2.2C24H31Cl2N7O2S/c2*1-15-24-25(33(30-15)16(2)20-6-5-19(26)10-21(20)27)29-22(11-28-24)32-13-18(14-32)17-4-3-8-31(12-17)9-7-23(34)35;2*1-15-23-24(33(30-15)16(2)20-6-5-19(25)10-21(20)26)29-22(11-28-23)32-13-18(14-32)17-4-3-7-31(12-17)8-9-36(27,34)35/h2*5-6,10-11,16-18H,3-4,7-9,12-14H2,1-2H3,(H,34,35);2*5-6,10-11,16-18H,3-4,7-9,12-14H2,1-2H3,(H2,27,34,35)/t16-,17+;16-,17-;16-,17+;16-,17-/m1111/s1. The van der Waals surface area contributed by atoms with Crippen molar-refractivity contribution in [3.8, 4) is 0 Å². The second-order valence-electron chi connectivity index (χ2n) is 39.6. The third-order valence-corrected chi connectivity index (χ3v) is 33.5. The number of fused-ring (bicyclic) bond motifs is 4. The van der Waals surface area contributed by atoms with Gasteiger partial charge in [-0.25, -0.2) is 85.7 Å². The van der Waals surface area contributed by atoms with E-state index in [1.165, 1.54) is 25.7 Å². The third kappa shape index (κ3) is 24.5. The molecule has 0 bridgehead atoms. The lowest BCUT2D eigenvalue weighted by molar-refractivity contribution is -0.138. The summed E-state index contributed by atoms with van der Waals surface area (Å²) in [6.45, 7) is 33.4. The maximum absolute atomic E-state index is 11.3. The molecule has 0 spiro atoms. The molecule has 8 aliphatic rings. The molecule has 8 aliphatic heterocycles. The molecule has 0 unspecified atom stereocenters. The Bertz CT molecular complexity index is 6440. The van der Waals surface area contributed by atoms with Crippen molar-refractivity contribution in [1.29, 1.82) is 0 Å². The minimum absolute atomic E-state index is 0.0128. The van der Waals surface area contributed by atoms with E-state index in [1.807, 2.05) is 147 Å². The van der Waals surface area contributed by atoms with E-state index in [4.69, 9.17) is 174 Å². The van der Waals surface area contributed by atoms with Crippen LogP contribution < -0.4 is 29.9 Å². The number of benzene rings is 4. The molecule has 8 fully saturated rings. The molecule has 760 valence electrons. The number of aromatic nitrogens is 16. The smallest absolute Gasteiger partial charge is 0.304 e. The van der Waals surface area contributed by atoms with E-state index in [-0.39, 0.29) is 48.5 Å². The Morgan fingerprint density at radius 1 is 0.345 bits per heavy atom. The van der Waals surface area contributed by atoms with E-state index in [2.05, 4.69) is 39.2 Å². The van der Waals surface area contributed by atoms with Crippen molar-refractivity contribution < 1.29 is 36.6 Å². The first-order valence-electron chi connectivity index (χ1n) is 48.8. The van der Waals surface area contributed by atoms with Crippen molar-refractivity contribution in [2.24, 2.45) is 57.6 Å². The van der Waals surface area contributed by atoms with Gasteiger partial charge in [-0.3, -0.25) is 9.59 Å². The first-order valence-corrected chi connectivity index (χ1v) is 55.2. The van der Waals surface area contributed by atoms with Crippen LogP contribution in [0.4, 0.5) is 23.3 Å². The fourth-order valence-electron chi connectivity index (χ4n) is 21.5. The molecule has 34 nitrogen and oxygen atoms in total. The van der Waals surface area contributed by atoms with Gasteiger partial charge in [0.1, 0.15) is 45.3 Å². The van der Waals surface area contributed by atoms with Gasteiger partial charge in [-0.05, 0) is 251 Å². The predicted octanol–water partition coefficient (Wildman–Crippen LogP) is 16.3. The summed E-state index contributed by atoms with van der Waals surface area (Å²) < 4.78 is 52.9. The average Bonchev–Trinajstić information content (AvgIpc) is 1.60. The van der Waals surface area contributed by atoms with E-state index in [9.17, 15) is 26.4 Å². The molecule has 4 aromatic carbocycles. The number of aliphatic carboxylic acids is 2. The number of hydrogen-bond donors (Lipinski definition) is 4. The van der Waals surface area contributed by atoms with Crippen LogP contribution in [0.1, 0.15) is 161 Å². The molecule has 6 N–H and O–H groups in total. The highest BCUT2D eigenvalue weighted by molar-refractivity contribution is 7.89. The van der Waals surface area contributed by atoms with Crippen molar-refractivity contribution >= 4 is 193 Å². The number of sulfonamides is 2. The minimum atomic E-state index is -3.43. The van der Waals surface area contributed by atoms with Gasteiger partial charge in [-0.15, -0.1) is 0 Å². The Morgan fingerprint density at radius 2 is 0.563 bits per heavy atom. The average molecular weight is 2140 g/mol. The van der Waals surface area contributed by atoms with Gasteiger partial charge in [-0.2, -0.15) is 20.4 Å². The van der Waals surface area contributed by atoms with E-state index >= 15 is 0 Å². The first kappa shape index (κ1) is 105. The van der Waals surface area contributed by atoms with Crippen molar-refractivity contribution in [3.05, 3.63) is 183 Å². The van der Waals surface area contributed by atoms with Crippen molar-refractivity contribution in [2.45, 2.75) is 144 Å². The molecule has 12 aromatic rings. The number of likely N-dealkylation sites (tertiary alicyclic amines) is 4. The lowest BCUT2D eigenvalue weighted by Crippen LogP contribution is -2.54. The minimum Gasteiger partial charge on any atom is -0.481 e. The van der Waals surface area contributed by atoms with Gasteiger partial charge in [0.2, 0.25) is 20.0 Å². The van der Waals surface area contributed by atoms with Crippen LogP contribution in [-0.4, -0.2) is 280 Å². The fraction of sp³-hybridized carbons (Fsp3) is 0.531. The van der Waals surface area contributed by atoms with Crippen molar-refractivity contribution in [2.75, 3.05) is 162 Å². The highest BCUT2D eigenvalue weighted by Gasteiger charge is 2.43. The molecule has 0 amide bonds. The van der Waals surface area contributed by atoms with E-state index in [0.717, 1.165) is 243 Å². The number of primary sulfonamides is 2. The summed E-state index contributed by atoms with van der Waals surface area (Å²) in [6.07, 6.45) is 17.0. The van der Waals surface area contributed by atoms with Crippen LogP contribution in [0.3, 0.4) is 0 Å². The van der Waals surface area contributed by atoms with Gasteiger partial charge in [0.25, 0.3) is 0 Å². The zero-order valence-corrected chi connectivity index (χ0v) is 88.5. The summed E-state index contributed by atoms with van der Waals surface area (Å²) >= 11 is 50.3. The molecule has 20 rings (SSSR count). The van der Waals surface area contributed by atoms with Gasteiger partial charge in [0, 0.05) is 145 Å². The van der Waals surface area contributed by atoms with E-state index < -0.39 is 32.0 Å². The van der Waals surface area contributed by atoms with Crippen LogP contribution in [0.25, 0.3) is 44.7 Å². The van der Waals surface area contributed by atoms with Gasteiger partial charge in [0.05, 0.1) is 96.1 Å². The topological polar surface area (TPSA) is 395 Å². The molecule has 8 saturated heterocycles. The summed E-state index contributed by atoms with van der Waals surface area (Å²) in [5.41, 5.74) is 13.1. The predicted molar refractivity (Wildman–Crippen MR) is 561 cm³/mol. The number of nitrogens with zero attached hydrogens (tertiary/aromatic N) is 24. The second kappa shape index (κ2) is 44.9. The zero-order chi connectivity index (χ0) is 101. The molecular weight excluding hydrogens is 2020 g/mol. The molecule has 0 radical (unpaired) electrons. The number of rotatable bonds is 28. The number of halogens is 8. The number of aryl methyl sites for hydroxylation is 4. The Balaban J connectivity index is 0.000000130. The summed E-state index contributed by atoms with van der Waals surface area (Å²) in [7, 11) is -6.86. The number of hydrogen-bond acceptors (Lipinski definition) is 26.